The molecule has 1 aromatic rings. The van der Waals surface area contributed by atoms with Crippen molar-refractivity contribution in [2.75, 3.05) is 6.54 Å². The molecule has 1 aliphatic rings. The van der Waals surface area contributed by atoms with Gasteiger partial charge in [-0.3, -0.25) is 4.79 Å². The summed E-state index contributed by atoms with van der Waals surface area (Å²) in [5.41, 5.74) is 0.385. The van der Waals surface area contributed by atoms with Gasteiger partial charge in [0, 0.05) is 11.6 Å². The minimum Gasteiger partial charge on any atom is -0.449 e. The number of benzene rings is 1. The van der Waals surface area contributed by atoms with Crippen molar-refractivity contribution >= 4 is 23.5 Å². The zero-order valence-corrected chi connectivity index (χ0v) is 13.6. The largest absolute Gasteiger partial charge is 0.449 e. The minimum absolute atomic E-state index is 0.243. The number of hydrogen-bond acceptors (Lipinski definition) is 3. The smallest absolute Gasteiger partial charge is 0.338 e. The van der Waals surface area contributed by atoms with Gasteiger partial charge in [0.2, 0.25) is 0 Å². The van der Waals surface area contributed by atoms with Crippen molar-refractivity contribution in [1.82, 2.24) is 5.32 Å². The predicted octanol–water partition coefficient (Wildman–Crippen LogP) is 3.58. The zero-order chi connectivity index (χ0) is 15.9. The number of halogens is 1. The van der Waals surface area contributed by atoms with E-state index in [1.165, 1.54) is 32.1 Å². The molecule has 2 rings (SSSR count). The lowest BCUT2D eigenvalue weighted by Crippen LogP contribution is -2.38. The molecular formula is C17H22ClNO3. The van der Waals surface area contributed by atoms with Gasteiger partial charge in [0.15, 0.2) is 6.10 Å². The fourth-order valence-electron chi connectivity index (χ4n) is 2.65. The number of amides is 1. The van der Waals surface area contributed by atoms with Crippen LogP contribution in [0, 0.1) is 5.92 Å². The number of carbonyl (C=O) groups excluding carboxylic acids is 2. The summed E-state index contributed by atoms with van der Waals surface area (Å²) in [6, 6.07) is 6.40. The van der Waals surface area contributed by atoms with Gasteiger partial charge in [-0.1, -0.05) is 30.9 Å². The molecule has 1 atom stereocenters. The summed E-state index contributed by atoms with van der Waals surface area (Å²) < 4.78 is 5.18. The van der Waals surface area contributed by atoms with Crippen molar-refractivity contribution in [1.29, 1.82) is 0 Å². The van der Waals surface area contributed by atoms with Gasteiger partial charge in [0.25, 0.3) is 5.91 Å². The first-order valence-corrected chi connectivity index (χ1v) is 8.18. The molecule has 5 heteroatoms. The van der Waals surface area contributed by atoms with Crippen LogP contribution in [-0.4, -0.2) is 24.5 Å². The summed E-state index contributed by atoms with van der Waals surface area (Å²) in [5.74, 6) is -0.207. The van der Waals surface area contributed by atoms with Crippen LogP contribution in [0.1, 0.15) is 49.4 Å². The van der Waals surface area contributed by atoms with Crippen LogP contribution in [0.2, 0.25) is 5.02 Å². The third-order valence-corrected chi connectivity index (χ3v) is 4.27. The van der Waals surface area contributed by atoms with E-state index in [-0.39, 0.29) is 5.91 Å². The van der Waals surface area contributed by atoms with Gasteiger partial charge in [-0.25, -0.2) is 4.79 Å². The van der Waals surface area contributed by atoms with Crippen molar-refractivity contribution < 1.29 is 14.3 Å². The van der Waals surface area contributed by atoms with E-state index in [1.807, 2.05) is 0 Å². The maximum absolute atomic E-state index is 12.0. The molecule has 0 aliphatic heterocycles. The summed E-state index contributed by atoms with van der Waals surface area (Å²) in [6.07, 6.45) is 5.30. The first-order chi connectivity index (χ1) is 10.6. The van der Waals surface area contributed by atoms with Crippen LogP contribution in [0.4, 0.5) is 0 Å². The van der Waals surface area contributed by atoms with Crippen LogP contribution in [0.5, 0.6) is 0 Å². The molecule has 1 fully saturated rings. The van der Waals surface area contributed by atoms with Gasteiger partial charge in [-0.15, -0.1) is 0 Å². The van der Waals surface area contributed by atoms with Gasteiger partial charge in [0.05, 0.1) is 5.56 Å². The monoisotopic (exact) mass is 323 g/mol. The molecule has 1 N–H and O–H groups in total. The molecule has 120 valence electrons. The lowest BCUT2D eigenvalue weighted by molar-refractivity contribution is -0.129. The minimum atomic E-state index is -0.799. The molecule has 0 radical (unpaired) electrons. The van der Waals surface area contributed by atoms with Crippen LogP contribution >= 0.6 is 11.6 Å². The number of hydrogen-bond donors (Lipinski definition) is 1. The van der Waals surface area contributed by atoms with Crippen molar-refractivity contribution in [2.24, 2.45) is 5.92 Å². The highest BCUT2D eigenvalue weighted by atomic mass is 35.5. The first-order valence-electron chi connectivity index (χ1n) is 7.80. The molecule has 0 bridgehead atoms. The zero-order valence-electron chi connectivity index (χ0n) is 12.8. The Labute approximate surface area is 136 Å². The molecule has 0 heterocycles. The molecule has 1 aromatic carbocycles. The molecule has 0 aromatic heterocycles. The standard InChI is InChI=1S/C17H22ClNO3/c1-12(16(20)19-11-13-5-3-2-4-6-13)22-17(21)14-7-9-15(18)10-8-14/h7-10,12-13H,2-6,11H2,1H3,(H,19,20)/t12-/m0/s1. The lowest BCUT2D eigenvalue weighted by atomic mass is 9.89. The molecule has 0 saturated heterocycles. The summed E-state index contributed by atoms with van der Waals surface area (Å²) in [7, 11) is 0. The normalized spacial score (nSPS) is 16.8. The molecular weight excluding hydrogens is 302 g/mol. The van der Waals surface area contributed by atoms with Crippen LogP contribution in [0.25, 0.3) is 0 Å². The maximum atomic E-state index is 12.0. The predicted molar refractivity (Wildman–Crippen MR) is 85.9 cm³/mol. The SMILES string of the molecule is C[C@H](OC(=O)c1ccc(Cl)cc1)C(=O)NCC1CCCCC1. The van der Waals surface area contributed by atoms with Gasteiger partial charge in [0.1, 0.15) is 0 Å². The van der Waals surface area contributed by atoms with E-state index in [4.69, 9.17) is 16.3 Å². The summed E-state index contributed by atoms with van der Waals surface area (Å²) >= 11 is 5.77. The molecule has 1 saturated carbocycles. The average Bonchev–Trinajstić information content (AvgIpc) is 2.54. The third kappa shape index (κ3) is 5.02. The van der Waals surface area contributed by atoms with Crippen molar-refractivity contribution in [3.8, 4) is 0 Å². The highest BCUT2D eigenvalue weighted by Crippen LogP contribution is 2.22. The molecule has 1 amide bonds. The topological polar surface area (TPSA) is 55.4 Å². The Kier molecular flexibility index (Phi) is 6.25. The first kappa shape index (κ1) is 16.8. The van der Waals surface area contributed by atoms with Gasteiger partial charge in [-0.05, 0) is 49.9 Å². The Morgan fingerprint density at radius 2 is 1.86 bits per heavy atom. The quantitative estimate of drug-likeness (QED) is 0.843. The Balaban J connectivity index is 1.77. The van der Waals surface area contributed by atoms with E-state index in [9.17, 15) is 9.59 Å². The fraction of sp³-hybridized carbons (Fsp3) is 0.529. The van der Waals surface area contributed by atoms with Gasteiger partial charge < -0.3 is 10.1 Å². The highest BCUT2D eigenvalue weighted by Gasteiger charge is 2.20. The summed E-state index contributed by atoms with van der Waals surface area (Å²) in [5, 5.41) is 3.43. The number of ether oxygens (including phenoxy) is 1. The Hall–Kier alpha value is -1.55. The second kappa shape index (κ2) is 8.18. The Morgan fingerprint density at radius 1 is 1.23 bits per heavy atom. The van der Waals surface area contributed by atoms with E-state index in [1.54, 1.807) is 31.2 Å². The van der Waals surface area contributed by atoms with Crippen LogP contribution in [0.3, 0.4) is 0 Å². The maximum Gasteiger partial charge on any atom is 0.338 e. The molecule has 0 spiro atoms. The second-order valence-corrected chi connectivity index (χ2v) is 6.24. The molecule has 22 heavy (non-hydrogen) atoms. The number of esters is 1. The van der Waals surface area contributed by atoms with E-state index in [0.717, 1.165) is 0 Å². The third-order valence-electron chi connectivity index (χ3n) is 4.02. The van der Waals surface area contributed by atoms with Crippen molar-refractivity contribution in [3.63, 3.8) is 0 Å². The Morgan fingerprint density at radius 3 is 2.50 bits per heavy atom. The van der Waals surface area contributed by atoms with E-state index >= 15 is 0 Å². The van der Waals surface area contributed by atoms with E-state index < -0.39 is 12.1 Å². The van der Waals surface area contributed by atoms with Crippen LogP contribution < -0.4 is 5.32 Å². The number of carbonyl (C=O) groups is 2. The molecule has 4 nitrogen and oxygen atoms in total. The van der Waals surface area contributed by atoms with Gasteiger partial charge in [-0.2, -0.15) is 0 Å². The summed E-state index contributed by atoms with van der Waals surface area (Å²) in [6.45, 7) is 2.26. The average molecular weight is 324 g/mol. The number of rotatable bonds is 5. The molecule has 1 aliphatic carbocycles. The fourth-order valence-corrected chi connectivity index (χ4v) is 2.77. The van der Waals surface area contributed by atoms with Crippen LogP contribution in [0.15, 0.2) is 24.3 Å². The molecule has 0 unspecified atom stereocenters. The Bertz CT molecular complexity index is 509. The van der Waals surface area contributed by atoms with Crippen molar-refractivity contribution in [3.05, 3.63) is 34.9 Å². The lowest BCUT2D eigenvalue weighted by Gasteiger charge is -2.22. The number of nitrogens with one attached hydrogen (secondary N) is 1. The van der Waals surface area contributed by atoms with Crippen LogP contribution in [-0.2, 0) is 9.53 Å². The summed E-state index contributed by atoms with van der Waals surface area (Å²) in [4.78, 5) is 23.9. The van der Waals surface area contributed by atoms with E-state index in [0.29, 0.717) is 23.0 Å². The second-order valence-electron chi connectivity index (χ2n) is 5.80. The van der Waals surface area contributed by atoms with Crippen molar-refractivity contribution in [2.45, 2.75) is 45.1 Å². The van der Waals surface area contributed by atoms with E-state index in [2.05, 4.69) is 5.32 Å². The highest BCUT2D eigenvalue weighted by molar-refractivity contribution is 6.30. The van der Waals surface area contributed by atoms with Gasteiger partial charge >= 0.3 is 5.97 Å².